The van der Waals surface area contributed by atoms with E-state index in [1.165, 1.54) is 91.0 Å². The van der Waals surface area contributed by atoms with Gasteiger partial charge in [-0.25, -0.2) is 11.6 Å². The molecule has 0 bridgehead atoms. The molecule has 5 aromatic rings. The molecular formula is C56H60Cl2F6Zr-2. The van der Waals surface area contributed by atoms with Crippen LogP contribution in [-0.4, -0.2) is 3.21 Å². The zero-order chi connectivity index (χ0) is 47.0. The van der Waals surface area contributed by atoms with Gasteiger partial charge in [0, 0.05) is 5.41 Å². The van der Waals surface area contributed by atoms with Crippen LogP contribution in [0.4, 0.5) is 26.3 Å². The summed E-state index contributed by atoms with van der Waals surface area (Å²) in [6.07, 6.45) is -1.41. The average Bonchev–Trinajstić information content (AvgIpc) is 3.90. The molecule has 9 heteroatoms. The summed E-state index contributed by atoms with van der Waals surface area (Å²) in [6.45, 7) is 32.2. The number of alkyl halides is 6. The van der Waals surface area contributed by atoms with Gasteiger partial charge < -0.3 is 24.8 Å². The molecule has 0 atom stereocenters. The molecule has 3 aliphatic rings. The number of hydrogen-bond donors (Lipinski definition) is 0. The SMILES string of the molecule is CC(C)(C)C1=[C-]C(C)(C)c2cc3c(cc21)-c1cc2c(cc1C3)C(C)(C)C=C2C(C)(C)C.Cc1cc(C(C)(C)C)c[cH-]1.FC(F)(F)c1ccc([C](=[Zr+2])c2ccc(C(F)(F)F)cc2)cc1.[Cl-].[Cl-]. The van der Waals surface area contributed by atoms with Crippen molar-refractivity contribution < 1.29 is 75.4 Å². The summed E-state index contributed by atoms with van der Waals surface area (Å²) in [7, 11) is 0. The van der Waals surface area contributed by atoms with E-state index in [1.807, 2.05) is 0 Å². The largest absolute Gasteiger partial charge is 1.00 e. The maximum absolute atomic E-state index is 12.5. The minimum atomic E-state index is -4.41. The Morgan fingerprint density at radius 2 is 1.02 bits per heavy atom. The van der Waals surface area contributed by atoms with Crippen LogP contribution in [-0.2, 0) is 59.3 Å². The Labute approximate surface area is 410 Å². The van der Waals surface area contributed by atoms with Crippen molar-refractivity contribution in [3.05, 3.63) is 170 Å². The van der Waals surface area contributed by atoms with Gasteiger partial charge in [0.25, 0.3) is 0 Å². The van der Waals surface area contributed by atoms with E-state index >= 15 is 0 Å². The number of fused-ring (bicyclic) bond motifs is 5. The fourth-order valence-electron chi connectivity index (χ4n) is 8.79. The summed E-state index contributed by atoms with van der Waals surface area (Å²) in [4.78, 5) is 0. The molecule has 8 rings (SSSR count). The minimum Gasteiger partial charge on any atom is -1.00 e. The molecule has 0 heterocycles. The van der Waals surface area contributed by atoms with Gasteiger partial charge >= 0.3 is 137 Å². The summed E-state index contributed by atoms with van der Waals surface area (Å²) >= 11 is 0.898. The fourth-order valence-corrected chi connectivity index (χ4v) is 9.61. The number of allylic oxidation sites excluding steroid dienone is 4. The monoisotopic (exact) mass is 1010 g/mol. The third kappa shape index (κ3) is 11.7. The third-order valence-electron chi connectivity index (χ3n) is 12.4. The predicted molar refractivity (Wildman–Crippen MR) is 246 cm³/mol. The van der Waals surface area contributed by atoms with Crippen molar-refractivity contribution in [2.75, 3.05) is 0 Å². The van der Waals surface area contributed by atoms with Gasteiger partial charge in [0.15, 0.2) is 0 Å². The van der Waals surface area contributed by atoms with E-state index < -0.39 is 23.5 Å². The predicted octanol–water partition coefficient (Wildman–Crippen LogP) is 10.4. The first-order valence-electron chi connectivity index (χ1n) is 21.6. The van der Waals surface area contributed by atoms with E-state index in [0.717, 1.165) is 54.9 Å². The van der Waals surface area contributed by atoms with Gasteiger partial charge in [-0.1, -0.05) is 126 Å². The van der Waals surface area contributed by atoms with Crippen LogP contribution in [0.1, 0.15) is 157 Å². The Hall–Kier alpha value is -3.38. The van der Waals surface area contributed by atoms with Crippen molar-refractivity contribution in [2.24, 2.45) is 10.8 Å². The summed E-state index contributed by atoms with van der Waals surface area (Å²) in [5.41, 5.74) is 17.6. The fraction of sp³-hybridized carbons (Fsp3) is 0.393. The maximum atomic E-state index is 12.5. The first-order valence-corrected chi connectivity index (χ1v) is 22.8. The second-order valence-corrected chi connectivity index (χ2v) is 22.9. The molecule has 0 aromatic heterocycles. The molecule has 0 unspecified atom stereocenters. The molecule has 0 spiro atoms. The first-order chi connectivity index (χ1) is 28.7. The zero-order valence-corrected chi connectivity index (χ0v) is 43.9. The van der Waals surface area contributed by atoms with Gasteiger partial charge in [-0.2, -0.15) is 28.8 Å². The van der Waals surface area contributed by atoms with E-state index in [1.54, 1.807) is 0 Å². The second kappa shape index (κ2) is 18.6. The number of rotatable bonds is 2. The Balaban J connectivity index is 0.000000237. The van der Waals surface area contributed by atoms with Crippen LogP contribution in [0.25, 0.3) is 22.3 Å². The van der Waals surface area contributed by atoms with E-state index in [9.17, 15) is 26.3 Å². The molecule has 0 N–H and O–H groups in total. The summed E-state index contributed by atoms with van der Waals surface area (Å²) < 4.78 is 75.6. The standard InChI is InChI=1S/C31H37.C15H8F6.C10H15.2ClH.Zr/c1-28(2,3)26-16-30(7,8)24-12-18-11-19-13-25-23(15-21(19)20(18)14-22(24)26)27(29(4,5)6)17-31(25,9)10;16-14(17,18)12-5-1-10(2-6-12)9-11-3-7-13(8-4-11)15(19,20)21;1-8-5-6-9(7-8)10(2,3)4;;;/h12-16H,11H2,1-10H3;1-8H;5-7H,1-4H3;2*1H;/q-1;;-1;;;+2/p-2. The smallest absolute Gasteiger partial charge is 1.00 e. The number of halogens is 8. The third-order valence-corrected chi connectivity index (χ3v) is 13.8. The average molecular weight is 1010 g/mol. The molecule has 0 nitrogen and oxygen atoms in total. The van der Waals surface area contributed by atoms with E-state index in [0.29, 0.717) is 19.7 Å². The normalized spacial score (nSPS) is 15.6. The van der Waals surface area contributed by atoms with Crippen LogP contribution in [0.2, 0.25) is 0 Å². The van der Waals surface area contributed by atoms with Crippen molar-refractivity contribution >= 4 is 14.4 Å². The quantitative estimate of drug-likeness (QED) is 0.120. The van der Waals surface area contributed by atoms with Crippen molar-refractivity contribution in [1.82, 2.24) is 0 Å². The molecule has 0 aliphatic heterocycles. The Bertz CT molecular complexity index is 2460. The molecule has 0 saturated carbocycles. The van der Waals surface area contributed by atoms with Crippen LogP contribution in [0.15, 0.2) is 97.1 Å². The molecule has 0 fully saturated rings. The zero-order valence-electron chi connectivity index (χ0n) is 40.0. The minimum absolute atomic E-state index is 0. The summed E-state index contributed by atoms with van der Waals surface area (Å²) in [5, 5.41) is 0. The molecule has 0 radical (unpaired) electrons. The van der Waals surface area contributed by atoms with E-state index in [-0.39, 0.29) is 46.5 Å². The molecule has 0 amide bonds. The van der Waals surface area contributed by atoms with Gasteiger partial charge in [-0.3, -0.25) is 6.08 Å². The van der Waals surface area contributed by atoms with Crippen LogP contribution in [0.3, 0.4) is 0 Å². The number of hydrogen-bond acceptors (Lipinski definition) is 0. The Morgan fingerprint density at radius 1 is 0.569 bits per heavy atom. The second-order valence-electron chi connectivity index (χ2n) is 21.6. The van der Waals surface area contributed by atoms with Gasteiger partial charge in [0.1, 0.15) is 0 Å². The van der Waals surface area contributed by atoms with E-state index in [4.69, 9.17) is 0 Å². The molecule has 65 heavy (non-hydrogen) atoms. The van der Waals surface area contributed by atoms with Crippen LogP contribution >= 0.6 is 0 Å². The summed E-state index contributed by atoms with van der Waals surface area (Å²) in [5.74, 6) is 0. The van der Waals surface area contributed by atoms with Crippen LogP contribution in [0.5, 0.6) is 0 Å². The van der Waals surface area contributed by atoms with Crippen molar-refractivity contribution in [3.63, 3.8) is 0 Å². The van der Waals surface area contributed by atoms with Crippen molar-refractivity contribution in [2.45, 2.75) is 132 Å². The Morgan fingerprint density at radius 3 is 1.38 bits per heavy atom. The molecule has 346 valence electrons. The molecule has 5 aromatic carbocycles. The molecule has 0 saturated heterocycles. The molecule has 3 aliphatic carbocycles. The molecular weight excluding hydrogens is 949 g/mol. The van der Waals surface area contributed by atoms with Gasteiger partial charge in [-0.05, 0) is 62.3 Å². The van der Waals surface area contributed by atoms with Crippen molar-refractivity contribution in [3.8, 4) is 11.1 Å². The van der Waals surface area contributed by atoms with E-state index in [2.05, 4.69) is 152 Å². The number of aryl methyl sites for hydroxylation is 1. The van der Waals surface area contributed by atoms with Crippen LogP contribution < -0.4 is 24.8 Å². The van der Waals surface area contributed by atoms with Gasteiger partial charge in [0.05, 0.1) is 0 Å². The van der Waals surface area contributed by atoms with Crippen LogP contribution in [0, 0.1) is 23.8 Å². The Kier molecular flexibility index (Phi) is 15.5. The topological polar surface area (TPSA) is 0 Å². The van der Waals surface area contributed by atoms with Gasteiger partial charge in [0.2, 0.25) is 0 Å². The first kappa shape index (κ1) is 54.2. The summed E-state index contributed by atoms with van der Waals surface area (Å²) in [6, 6.07) is 25.8. The maximum Gasteiger partial charge on any atom is -1.00 e. The van der Waals surface area contributed by atoms with Crippen molar-refractivity contribution in [1.29, 1.82) is 0 Å². The van der Waals surface area contributed by atoms with Gasteiger partial charge in [-0.15, -0.1) is 11.6 Å². The number of benzene rings is 4.